The first-order valence-corrected chi connectivity index (χ1v) is 6.86. The first kappa shape index (κ1) is 16.0. The molecule has 0 saturated heterocycles. The van der Waals surface area contributed by atoms with E-state index in [0.29, 0.717) is 0 Å². The van der Waals surface area contributed by atoms with Crippen LogP contribution in [0.5, 0.6) is 0 Å². The van der Waals surface area contributed by atoms with Gasteiger partial charge in [-0.15, -0.1) is 0 Å². The number of carbonyl (C=O) groups is 2. The zero-order valence-electron chi connectivity index (χ0n) is 12.0. The number of esters is 2. The summed E-state index contributed by atoms with van der Waals surface area (Å²) < 4.78 is 9.82. The Hall–Kier alpha value is -1.10. The Morgan fingerprint density at radius 3 is 2.32 bits per heavy atom. The molecule has 0 aromatic heterocycles. The van der Waals surface area contributed by atoms with Gasteiger partial charge in [0.2, 0.25) is 0 Å². The van der Waals surface area contributed by atoms with Gasteiger partial charge in [-0.25, -0.2) is 9.59 Å². The van der Waals surface area contributed by atoms with Crippen LogP contribution in [0.1, 0.15) is 52.9 Å². The molecule has 0 aliphatic heterocycles. The molecule has 0 amide bonds. The molecule has 1 N–H and O–H groups in total. The summed E-state index contributed by atoms with van der Waals surface area (Å²) >= 11 is 0. The highest BCUT2D eigenvalue weighted by molar-refractivity contribution is 5.79. The molecule has 110 valence electrons. The van der Waals surface area contributed by atoms with E-state index >= 15 is 0 Å². The molecule has 0 aromatic rings. The fourth-order valence-electron chi connectivity index (χ4n) is 2.23. The van der Waals surface area contributed by atoms with E-state index in [1.807, 2.05) is 0 Å². The summed E-state index contributed by atoms with van der Waals surface area (Å²) in [5, 5.41) is 9.86. The van der Waals surface area contributed by atoms with E-state index < -0.39 is 30.3 Å². The number of aliphatic hydroxyl groups is 1. The van der Waals surface area contributed by atoms with Crippen molar-refractivity contribution < 1.29 is 24.2 Å². The SMILES string of the molecule is CC(C)(C)OC(=O)COC(=O)[C@H](O)C1CCCCC1. The summed E-state index contributed by atoms with van der Waals surface area (Å²) in [6, 6.07) is 0. The summed E-state index contributed by atoms with van der Waals surface area (Å²) in [4.78, 5) is 23.0. The molecule has 1 aliphatic carbocycles. The number of hydrogen-bond acceptors (Lipinski definition) is 5. The number of carbonyl (C=O) groups excluding carboxylic acids is 2. The second kappa shape index (κ2) is 6.89. The van der Waals surface area contributed by atoms with Gasteiger partial charge in [0.05, 0.1) is 0 Å². The van der Waals surface area contributed by atoms with Crippen LogP contribution in [0.3, 0.4) is 0 Å². The van der Waals surface area contributed by atoms with Crippen LogP contribution in [-0.4, -0.2) is 35.4 Å². The lowest BCUT2D eigenvalue weighted by atomic mass is 9.85. The molecule has 1 aliphatic rings. The molecule has 0 heterocycles. The van der Waals surface area contributed by atoms with Gasteiger partial charge in [-0.2, -0.15) is 0 Å². The normalized spacial score (nSPS) is 18.7. The lowest BCUT2D eigenvalue weighted by molar-refractivity contribution is -0.172. The zero-order chi connectivity index (χ0) is 14.5. The van der Waals surface area contributed by atoms with Crippen LogP contribution in [0.15, 0.2) is 0 Å². The molecule has 5 nitrogen and oxygen atoms in total. The Labute approximate surface area is 114 Å². The van der Waals surface area contributed by atoms with E-state index in [1.165, 1.54) is 0 Å². The van der Waals surface area contributed by atoms with E-state index in [2.05, 4.69) is 0 Å². The van der Waals surface area contributed by atoms with Crippen molar-refractivity contribution in [1.29, 1.82) is 0 Å². The molecule has 19 heavy (non-hydrogen) atoms. The highest BCUT2D eigenvalue weighted by atomic mass is 16.6. The lowest BCUT2D eigenvalue weighted by Gasteiger charge is -2.25. The third-order valence-corrected chi connectivity index (χ3v) is 3.09. The van der Waals surface area contributed by atoms with Crippen LogP contribution in [0, 0.1) is 5.92 Å². The minimum atomic E-state index is -1.12. The van der Waals surface area contributed by atoms with Crippen LogP contribution >= 0.6 is 0 Å². The van der Waals surface area contributed by atoms with Gasteiger partial charge in [0.15, 0.2) is 12.7 Å². The molecule has 0 spiro atoms. The Morgan fingerprint density at radius 2 is 1.79 bits per heavy atom. The van der Waals surface area contributed by atoms with E-state index in [1.54, 1.807) is 20.8 Å². The summed E-state index contributed by atoms with van der Waals surface area (Å²) in [6.07, 6.45) is 3.76. The summed E-state index contributed by atoms with van der Waals surface area (Å²) in [7, 11) is 0. The van der Waals surface area contributed by atoms with Gasteiger partial charge < -0.3 is 14.6 Å². The van der Waals surface area contributed by atoms with Crippen LogP contribution < -0.4 is 0 Å². The average Bonchev–Trinajstić information content (AvgIpc) is 2.34. The van der Waals surface area contributed by atoms with Gasteiger partial charge in [0, 0.05) is 0 Å². The van der Waals surface area contributed by atoms with Crippen molar-refractivity contribution in [3.8, 4) is 0 Å². The van der Waals surface area contributed by atoms with Gasteiger partial charge in [0.25, 0.3) is 0 Å². The van der Waals surface area contributed by atoms with Gasteiger partial charge in [-0.3, -0.25) is 0 Å². The Bertz CT molecular complexity index is 312. The smallest absolute Gasteiger partial charge is 0.344 e. The predicted octanol–water partition coefficient (Wildman–Crippen LogP) is 1.81. The third kappa shape index (κ3) is 6.05. The van der Waals surface area contributed by atoms with Gasteiger partial charge in [-0.05, 0) is 39.5 Å². The van der Waals surface area contributed by atoms with Crippen molar-refractivity contribution in [2.45, 2.75) is 64.6 Å². The van der Waals surface area contributed by atoms with E-state index in [0.717, 1.165) is 32.1 Å². The van der Waals surface area contributed by atoms with E-state index in [-0.39, 0.29) is 5.92 Å². The molecule has 1 rings (SSSR count). The van der Waals surface area contributed by atoms with Crippen molar-refractivity contribution in [2.24, 2.45) is 5.92 Å². The Kier molecular flexibility index (Phi) is 5.79. The molecule has 1 atom stereocenters. The van der Waals surface area contributed by atoms with Crippen molar-refractivity contribution in [3.05, 3.63) is 0 Å². The zero-order valence-corrected chi connectivity index (χ0v) is 12.0. The highest BCUT2D eigenvalue weighted by Gasteiger charge is 2.29. The number of aliphatic hydroxyl groups excluding tert-OH is 1. The fourth-order valence-corrected chi connectivity index (χ4v) is 2.23. The maximum Gasteiger partial charge on any atom is 0.344 e. The van der Waals surface area contributed by atoms with Crippen molar-refractivity contribution in [2.75, 3.05) is 6.61 Å². The fraction of sp³-hybridized carbons (Fsp3) is 0.857. The Morgan fingerprint density at radius 1 is 1.21 bits per heavy atom. The minimum absolute atomic E-state index is 0.0418. The Balaban J connectivity index is 2.32. The molecule has 1 fully saturated rings. The van der Waals surface area contributed by atoms with Gasteiger partial charge in [0.1, 0.15) is 5.60 Å². The molecule has 5 heteroatoms. The standard InChI is InChI=1S/C14H24O5/c1-14(2,3)19-11(15)9-18-13(17)12(16)10-7-5-4-6-8-10/h10,12,16H,4-9H2,1-3H3/t12-/m1/s1. The molecule has 0 unspecified atom stereocenters. The van der Waals surface area contributed by atoms with Crippen LogP contribution in [0.2, 0.25) is 0 Å². The number of ether oxygens (including phenoxy) is 2. The van der Waals surface area contributed by atoms with Crippen molar-refractivity contribution in [1.82, 2.24) is 0 Å². The molecule has 0 radical (unpaired) electrons. The van der Waals surface area contributed by atoms with E-state index in [4.69, 9.17) is 9.47 Å². The quantitative estimate of drug-likeness (QED) is 0.790. The van der Waals surface area contributed by atoms with Gasteiger partial charge in [-0.1, -0.05) is 19.3 Å². The largest absolute Gasteiger partial charge is 0.457 e. The molecule has 0 aromatic carbocycles. The molecular weight excluding hydrogens is 248 g/mol. The molecule has 1 saturated carbocycles. The first-order valence-electron chi connectivity index (χ1n) is 6.86. The number of hydrogen-bond donors (Lipinski definition) is 1. The molecule has 0 bridgehead atoms. The summed E-state index contributed by atoms with van der Waals surface area (Å²) in [6.45, 7) is 4.77. The lowest BCUT2D eigenvalue weighted by Crippen LogP contribution is -2.35. The average molecular weight is 272 g/mol. The van der Waals surface area contributed by atoms with E-state index in [9.17, 15) is 14.7 Å². The van der Waals surface area contributed by atoms with Crippen LogP contribution in [0.4, 0.5) is 0 Å². The number of rotatable bonds is 4. The van der Waals surface area contributed by atoms with Crippen LogP contribution in [-0.2, 0) is 19.1 Å². The molecular formula is C14H24O5. The second-order valence-electron chi connectivity index (χ2n) is 6.04. The maximum absolute atomic E-state index is 11.6. The second-order valence-corrected chi connectivity index (χ2v) is 6.04. The third-order valence-electron chi connectivity index (χ3n) is 3.09. The topological polar surface area (TPSA) is 72.8 Å². The monoisotopic (exact) mass is 272 g/mol. The minimum Gasteiger partial charge on any atom is -0.457 e. The van der Waals surface area contributed by atoms with Crippen LogP contribution in [0.25, 0.3) is 0 Å². The summed E-state index contributed by atoms with van der Waals surface area (Å²) in [5.41, 5.74) is -0.606. The predicted molar refractivity (Wildman–Crippen MR) is 69.4 cm³/mol. The van der Waals surface area contributed by atoms with Gasteiger partial charge >= 0.3 is 11.9 Å². The van der Waals surface area contributed by atoms with Crippen molar-refractivity contribution in [3.63, 3.8) is 0 Å². The summed E-state index contributed by atoms with van der Waals surface area (Å²) in [5.74, 6) is -1.37. The van der Waals surface area contributed by atoms with Crippen molar-refractivity contribution >= 4 is 11.9 Å². The maximum atomic E-state index is 11.6. The first-order chi connectivity index (χ1) is 8.79. The highest BCUT2D eigenvalue weighted by Crippen LogP contribution is 2.26.